The number of carbonyl (C=O) groups excluding carboxylic acids is 2. The number of aryl methyl sites for hydroxylation is 1. The van der Waals surface area contributed by atoms with E-state index in [0.29, 0.717) is 70.5 Å². The van der Waals surface area contributed by atoms with E-state index in [1.165, 1.54) is 7.11 Å². The van der Waals surface area contributed by atoms with Crippen molar-refractivity contribution in [3.8, 4) is 28.7 Å². The monoisotopic (exact) mass is 765 g/mol. The van der Waals surface area contributed by atoms with E-state index in [2.05, 4.69) is 15.6 Å². The number of halogens is 2. The molecule has 10 nitrogen and oxygen atoms in total. The molecule has 7 rings (SSSR count). The number of benzene rings is 4. The highest BCUT2D eigenvalue weighted by Crippen LogP contribution is 2.40. The van der Waals surface area contributed by atoms with E-state index >= 15 is 0 Å². The molecule has 0 bridgehead atoms. The second-order valence-electron chi connectivity index (χ2n) is 13.0. The zero-order valence-electron chi connectivity index (χ0n) is 29.8. The molecule has 0 fully saturated rings. The third kappa shape index (κ3) is 8.47. The van der Waals surface area contributed by atoms with Crippen LogP contribution >= 0.6 is 23.2 Å². The van der Waals surface area contributed by atoms with Crippen molar-refractivity contribution >= 4 is 41.2 Å². The summed E-state index contributed by atoms with van der Waals surface area (Å²) in [5.74, 6) is 2.27. The van der Waals surface area contributed by atoms with Gasteiger partial charge in [-0.15, -0.1) is 0 Å². The molecular weight excluding hydrogens is 729 g/mol. The lowest BCUT2D eigenvalue weighted by molar-refractivity contribution is -0.137. The third-order valence-corrected chi connectivity index (χ3v) is 10.1. The number of ether oxygens (including phenoxy) is 5. The molecule has 12 heteroatoms. The fourth-order valence-electron chi connectivity index (χ4n) is 6.14. The first-order valence-corrected chi connectivity index (χ1v) is 18.1. The summed E-state index contributed by atoms with van der Waals surface area (Å²) in [7, 11) is 1.27. The van der Waals surface area contributed by atoms with Crippen LogP contribution in [-0.2, 0) is 33.9 Å². The van der Waals surface area contributed by atoms with Gasteiger partial charge in [-0.25, -0.2) is 4.79 Å². The van der Waals surface area contributed by atoms with Crippen molar-refractivity contribution in [2.75, 3.05) is 13.7 Å². The van der Waals surface area contributed by atoms with Crippen LogP contribution in [0.1, 0.15) is 45.2 Å². The number of methoxy groups -OCH3 is 1. The lowest BCUT2D eigenvalue weighted by atomic mass is 9.94. The average molecular weight is 767 g/mol. The molecule has 1 unspecified atom stereocenters. The predicted octanol–water partition coefficient (Wildman–Crippen LogP) is 8.23. The Kier molecular flexibility index (Phi) is 11.1. The molecule has 0 saturated carbocycles. The van der Waals surface area contributed by atoms with Crippen LogP contribution < -0.4 is 29.6 Å². The van der Waals surface area contributed by atoms with Crippen molar-refractivity contribution in [2.24, 2.45) is 0 Å². The molecule has 0 radical (unpaired) electrons. The summed E-state index contributed by atoms with van der Waals surface area (Å²) < 4.78 is 29.5. The Morgan fingerprint density at radius 3 is 2.44 bits per heavy atom. The molecule has 0 saturated heterocycles. The standard InChI is InChI=1S/C42H37Cl2N3O7/c1-24-25(2)45-15-14-37(24)53-32-9-4-26(5-10-32)17-36(42(49)50-3)47-41(48)35-18-29-19-38-39(20-30(29)21-46-35)54-40(23-52-38)28-7-11-31(12-8-28)51-22-27-6-13-33(43)34(44)16-27/h4-17,19-20,35,40,46H,18,21-23H2,1-3H3,(H,47,48)/b36-17+/t35?,40-/m1/s1. The van der Waals surface area contributed by atoms with E-state index in [-0.39, 0.29) is 17.7 Å². The maximum Gasteiger partial charge on any atom is 0.354 e. The van der Waals surface area contributed by atoms with Crippen LogP contribution in [0.5, 0.6) is 28.7 Å². The summed E-state index contributed by atoms with van der Waals surface area (Å²) in [6.45, 7) is 4.98. The maximum absolute atomic E-state index is 13.5. The van der Waals surface area contributed by atoms with Gasteiger partial charge in [0.15, 0.2) is 17.6 Å². The summed E-state index contributed by atoms with van der Waals surface area (Å²) >= 11 is 12.1. The second kappa shape index (κ2) is 16.2. The molecule has 1 aromatic heterocycles. The molecule has 2 aliphatic rings. The van der Waals surface area contributed by atoms with Crippen LogP contribution in [-0.4, -0.2) is 36.6 Å². The van der Waals surface area contributed by atoms with Crippen LogP contribution in [0.4, 0.5) is 0 Å². The molecular formula is C42H37Cl2N3O7. The second-order valence-corrected chi connectivity index (χ2v) is 13.8. The van der Waals surface area contributed by atoms with E-state index in [1.807, 2.05) is 62.4 Å². The number of hydrogen-bond donors (Lipinski definition) is 2. The van der Waals surface area contributed by atoms with Crippen molar-refractivity contribution in [1.82, 2.24) is 15.6 Å². The fraction of sp³-hybridized carbons (Fsp3) is 0.214. The quantitative estimate of drug-likeness (QED) is 0.107. The SMILES string of the molecule is COC(=O)/C(=C\c1ccc(Oc2ccnc(C)c2C)cc1)NC(=O)C1Cc2cc3c(cc2CN1)O[C@@H](c1ccc(OCc2ccc(Cl)c(Cl)c2)cc1)CO3. The number of carbonyl (C=O) groups is 2. The number of pyridine rings is 1. The first kappa shape index (κ1) is 36.8. The molecule has 2 aliphatic heterocycles. The van der Waals surface area contributed by atoms with E-state index < -0.39 is 12.0 Å². The van der Waals surface area contributed by atoms with Gasteiger partial charge in [0, 0.05) is 24.0 Å². The van der Waals surface area contributed by atoms with Crippen molar-refractivity contribution in [3.05, 3.63) is 146 Å². The molecule has 54 heavy (non-hydrogen) atoms. The van der Waals surface area contributed by atoms with Crippen molar-refractivity contribution < 1.29 is 33.3 Å². The Labute approximate surface area is 323 Å². The topological polar surface area (TPSA) is 117 Å². The minimum Gasteiger partial charge on any atom is -0.489 e. The van der Waals surface area contributed by atoms with Gasteiger partial charge < -0.3 is 34.3 Å². The summed E-state index contributed by atoms with van der Waals surface area (Å²) in [6.07, 6.45) is 3.35. The number of hydrogen-bond acceptors (Lipinski definition) is 9. The van der Waals surface area contributed by atoms with Gasteiger partial charge in [0.05, 0.1) is 23.2 Å². The summed E-state index contributed by atoms with van der Waals surface area (Å²) in [4.78, 5) is 30.5. The molecule has 5 aromatic rings. The number of fused-ring (bicyclic) bond motifs is 2. The van der Waals surface area contributed by atoms with E-state index in [9.17, 15) is 9.59 Å². The third-order valence-electron chi connectivity index (χ3n) is 9.33. The number of esters is 1. The van der Waals surface area contributed by atoms with Crippen molar-refractivity contribution in [1.29, 1.82) is 0 Å². The van der Waals surface area contributed by atoms with Crippen molar-refractivity contribution in [3.63, 3.8) is 0 Å². The lowest BCUT2D eigenvalue weighted by Gasteiger charge is -2.31. The Bertz CT molecular complexity index is 2230. The Morgan fingerprint density at radius 1 is 0.926 bits per heavy atom. The maximum atomic E-state index is 13.5. The van der Waals surface area contributed by atoms with E-state index in [0.717, 1.165) is 33.5 Å². The smallest absolute Gasteiger partial charge is 0.354 e. The molecule has 276 valence electrons. The molecule has 0 aliphatic carbocycles. The van der Waals surface area contributed by atoms with Crippen LogP contribution in [0.15, 0.2) is 96.8 Å². The normalized spacial score (nSPS) is 16.2. The summed E-state index contributed by atoms with van der Waals surface area (Å²) in [5, 5.41) is 7.05. The van der Waals surface area contributed by atoms with Gasteiger partial charge in [-0.1, -0.05) is 53.5 Å². The van der Waals surface area contributed by atoms with Gasteiger partial charge in [0.2, 0.25) is 5.91 Å². The van der Waals surface area contributed by atoms with Gasteiger partial charge in [-0.2, -0.15) is 0 Å². The minimum atomic E-state index is -0.664. The van der Waals surface area contributed by atoms with Crippen molar-refractivity contribution in [2.45, 2.75) is 45.6 Å². The largest absolute Gasteiger partial charge is 0.489 e. The number of aromatic nitrogens is 1. The van der Waals surface area contributed by atoms with Gasteiger partial charge in [-0.3, -0.25) is 9.78 Å². The molecule has 0 spiro atoms. The van der Waals surface area contributed by atoms with Gasteiger partial charge in [-0.05, 0) is 109 Å². The zero-order valence-corrected chi connectivity index (χ0v) is 31.3. The number of nitrogens with zero attached hydrogens (tertiary/aromatic N) is 1. The molecule has 2 atom stereocenters. The highest BCUT2D eigenvalue weighted by molar-refractivity contribution is 6.42. The summed E-state index contributed by atoms with van der Waals surface area (Å²) in [5.41, 5.74) is 6.35. The van der Waals surface area contributed by atoms with Gasteiger partial charge in [0.25, 0.3) is 0 Å². The fourth-order valence-corrected chi connectivity index (χ4v) is 6.46. The van der Waals surface area contributed by atoms with Crippen LogP contribution in [0.2, 0.25) is 10.0 Å². The molecule has 4 aromatic carbocycles. The lowest BCUT2D eigenvalue weighted by Crippen LogP contribution is -2.48. The zero-order chi connectivity index (χ0) is 37.8. The highest BCUT2D eigenvalue weighted by Gasteiger charge is 2.30. The number of rotatable bonds is 10. The first-order valence-electron chi connectivity index (χ1n) is 17.3. The Morgan fingerprint density at radius 2 is 1.69 bits per heavy atom. The Hall–Kier alpha value is -5.55. The van der Waals surface area contributed by atoms with Gasteiger partial charge >= 0.3 is 5.97 Å². The van der Waals surface area contributed by atoms with E-state index in [1.54, 1.807) is 48.7 Å². The molecule has 1 amide bonds. The number of nitrogens with one attached hydrogen (secondary N) is 2. The Balaban J connectivity index is 0.964. The minimum absolute atomic E-state index is 0.0173. The summed E-state index contributed by atoms with van der Waals surface area (Å²) in [6, 6.07) is 25.4. The average Bonchev–Trinajstić information content (AvgIpc) is 3.19. The highest BCUT2D eigenvalue weighted by atomic mass is 35.5. The van der Waals surface area contributed by atoms with Crippen LogP contribution in [0.3, 0.4) is 0 Å². The predicted molar refractivity (Wildman–Crippen MR) is 205 cm³/mol. The first-order chi connectivity index (χ1) is 26.1. The molecule has 2 N–H and O–H groups in total. The van der Waals surface area contributed by atoms with E-state index in [4.69, 9.17) is 46.9 Å². The number of amides is 1. The van der Waals surface area contributed by atoms with Gasteiger partial charge in [0.1, 0.15) is 36.2 Å². The van der Waals surface area contributed by atoms with Crippen LogP contribution in [0, 0.1) is 13.8 Å². The molecule has 3 heterocycles. The van der Waals surface area contributed by atoms with Crippen LogP contribution in [0.25, 0.3) is 6.08 Å².